The van der Waals surface area contributed by atoms with Crippen molar-refractivity contribution in [1.82, 2.24) is 0 Å². The summed E-state index contributed by atoms with van der Waals surface area (Å²) in [5, 5.41) is 9.57. The van der Waals surface area contributed by atoms with Crippen molar-refractivity contribution in [3.63, 3.8) is 0 Å². The van der Waals surface area contributed by atoms with Gasteiger partial charge in [0.2, 0.25) is 0 Å². The van der Waals surface area contributed by atoms with Gasteiger partial charge in [0.25, 0.3) is 0 Å². The van der Waals surface area contributed by atoms with Crippen molar-refractivity contribution < 1.29 is 9.47 Å². The summed E-state index contributed by atoms with van der Waals surface area (Å²) in [6, 6.07) is 10.7. The third kappa shape index (κ3) is 1.33. The maximum absolute atomic E-state index is 9.57. The summed E-state index contributed by atoms with van der Waals surface area (Å²) in [6.45, 7) is 1.35. The van der Waals surface area contributed by atoms with E-state index in [9.17, 15) is 5.26 Å². The molecule has 0 N–H and O–H groups in total. The maximum Gasteiger partial charge on any atom is 0.118 e. The molecule has 3 heteroatoms. The molecule has 2 fully saturated rings. The second kappa shape index (κ2) is 4.00. The van der Waals surface area contributed by atoms with E-state index in [1.807, 2.05) is 12.1 Å². The van der Waals surface area contributed by atoms with Crippen LogP contribution in [0.2, 0.25) is 0 Å². The number of nitriles is 1. The van der Waals surface area contributed by atoms with Gasteiger partial charge in [-0.15, -0.1) is 0 Å². The lowest BCUT2D eigenvalue weighted by Gasteiger charge is -2.56. The highest BCUT2D eigenvalue weighted by Gasteiger charge is 2.60. The second-order valence-corrected chi connectivity index (χ2v) is 5.35. The van der Waals surface area contributed by atoms with Crippen molar-refractivity contribution >= 4 is 0 Å². The molecule has 0 amide bonds. The molecule has 1 aliphatic carbocycles. The molecule has 94 valence electrons. The van der Waals surface area contributed by atoms with Crippen LogP contribution in [-0.2, 0) is 10.2 Å². The first-order chi connectivity index (χ1) is 8.76. The highest BCUT2D eigenvalue weighted by atomic mass is 16.5. The molecule has 0 spiro atoms. The smallest absolute Gasteiger partial charge is 0.118 e. The summed E-state index contributed by atoms with van der Waals surface area (Å²) >= 11 is 0. The van der Waals surface area contributed by atoms with E-state index in [-0.39, 0.29) is 10.8 Å². The maximum atomic E-state index is 9.57. The van der Waals surface area contributed by atoms with Crippen LogP contribution in [0, 0.1) is 16.7 Å². The van der Waals surface area contributed by atoms with Gasteiger partial charge in [0, 0.05) is 0 Å². The minimum atomic E-state index is -0.208. The molecule has 18 heavy (non-hydrogen) atoms. The summed E-state index contributed by atoms with van der Waals surface area (Å²) < 4.78 is 10.6. The zero-order valence-corrected chi connectivity index (χ0v) is 10.6. The van der Waals surface area contributed by atoms with Crippen molar-refractivity contribution in [2.24, 2.45) is 5.41 Å². The van der Waals surface area contributed by atoms with Crippen LogP contribution in [0.1, 0.15) is 24.8 Å². The van der Waals surface area contributed by atoms with Crippen molar-refractivity contribution in [3.8, 4) is 11.8 Å². The number of hydrogen-bond donors (Lipinski definition) is 0. The summed E-state index contributed by atoms with van der Waals surface area (Å²) in [5.41, 5.74) is 0.919. The van der Waals surface area contributed by atoms with Crippen LogP contribution in [0.5, 0.6) is 5.75 Å². The molecule has 3 nitrogen and oxygen atoms in total. The van der Waals surface area contributed by atoms with Gasteiger partial charge in [0.05, 0.1) is 37.2 Å². The summed E-state index contributed by atoms with van der Waals surface area (Å²) in [6.07, 6.45) is 3.16. The van der Waals surface area contributed by atoms with Gasteiger partial charge in [0.15, 0.2) is 0 Å². The van der Waals surface area contributed by atoms with E-state index in [1.54, 1.807) is 7.11 Å². The van der Waals surface area contributed by atoms with Crippen LogP contribution < -0.4 is 4.74 Å². The monoisotopic (exact) mass is 243 g/mol. The average Bonchev–Trinajstić information content (AvgIpc) is 2.31. The predicted molar refractivity (Wildman–Crippen MR) is 67.4 cm³/mol. The first-order valence-corrected chi connectivity index (χ1v) is 6.40. The van der Waals surface area contributed by atoms with Crippen molar-refractivity contribution in [2.75, 3.05) is 20.3 Å². The molecular weight excluding hydrogens is 226 g/mol. The largest absolute Gasteiger partial charge is 0.497 e. The fourth-order valence-electron chi connectivity index (χ4n) is 3.16. The van der Waals surface area contributed by atoms with Gasteiger partial charge in [-0.3, -0.25) is 0 Å². The van der Waals surface area contributed by atoms with Gasteiger partial charge in [-0.05, 0) is 30.5 Å². The molecule has 2 aliphatic rings. The number of methoxy groups -OCH3 is 1. The summed E-state index contributed by atoms with van der Waals surface area (Å²) in [5.74, 6) is 0.855. The van der Waals surface area contributed by atoms with Gasteiger partial charge in [0.1, 0.15) is 5.75 Å². The Hall–Kier alpha value is -1.53. The first kappa shape index (κ1) is 11.6. The van der Waals surface area contributed by atoms with Crippen LogP contribution in [0.25, 0.3) is 0 Å². The molecule has 1 saturated heterocycles. The molecule has 1 aromatic rings. The van der Waals surface area contributed by atoms with E-state index in [4.69, 9.17) is 9.47 Å². The molecule has 1 aliphatic heterocycles. The third-order valence-corrected chi connectivity index (χ3v) is 4.68. The Bertz CT molecular complexity index is 478. The Labute approximate surface area is 107 Å². The van der Waals surface area contributed by atoms with E-state index in [0.29, 0.717) is 13.2 Å². The highest BCUT2D eigenvalue weighted by molar-refractivity contribution is 5.39. The minimum absolute atomic E-state index is 0.0910. The topological polar surface area (TPSA) is 42.2 Å². The SMILES string of the molecule is COc1ccc(C2(C3(C#N)CCC3)COC2)cc1. The molecule has 0 unspecified atom stereocenters. The molecule has 0 bridgehead atoms. The van der Waals surface area contributed by atoms with Crippen LogP contribution in [-0.4, -0.2) is 20.3 Å². The van der Waals surface area contributed by atoms with Gasteiger partial charge in [-0.2, -0.15) is 5.26 Å². The van der Waals surface area contributed by atoms with Gasteiger partial charge < -0.3 is 9.47 Å². The molecule has 1 aromatic carbocycles. The molecule has 1 saturated carbocycles. The zero-order valence-electron chi connectivity index (χ0n) is 10.6. The summed E-state index contributed by atoms with van der Waals surface area (Å²) in [4.78, 5) is 0. The van der Waals surface area contributed by atoms with Crippen LogP contribution in [0.15, 0.2) is 24.3 Å². The number of nitrogens with zero attached hydrogens (tertiary/aromatic N) is 1. The Morgan fingerprint density at radius 3 is 2.22 bits per heavy atom. The van der Waals surface area contributed by atoms with E-state index in [1.165, 1.54) is 5.56 Å². The van der Waals surface area contributed by atoms with E-state index in [2.05, 4.69) is 18.2 Å². The zero-order chi connectivity index (χ0) is 12.6. The molecular formula is C15H17NO2. The first-order valence-electron chi connectivity index (χ1n) is 6.40. The van der Waals surface area contributed by atoms with Crippen LogP contribution >= 0.6 is 0 Å². The molecule has 0 aromatic heterocycles. The highest BCUT2D eigenvalue weighted by Crippen LogP contribution is 2.58. The fourth-order valence-corrected chi connectivity index (χ4v) is 3.16. The predicted octanol–water partition coefficient (Wildman–Crippen LogP) is 2.66. The lowest BCUT2D eigenvalue weighted by atomic mass is 9.50. The second-order valence-electron chi connectivity index (χ2n) is 5.35. The van der Waals surface area contributed by atoms with Crippen LogP contribution in [0.3, 0.4) is 0 Å². The number of rotatable bonds is 3. The van der Waals surface area contributed by atoms with Crippen molar-refractivity contribution in [2.45, 2.75) is 24.7 Å². The molecule has 0 atom stereocenters. The lowest BCUT2D eigenvalue weighted by Crippen LogP contribution is -2.61. The lowest BCUT2D eigenvalue weighted by molar-refractivity contribution is -0.134. The Balaban J connectivity index is 1.98. The fraction of sp³-hybridized carbons (Fsp3) is 0.533. The van der Waals surface area contributed by atoms with E-state index in [0.717, 1.165) is 25.0 Å². The van der Waals surface area contributed by atoms with Crippen molar-refractivity contribution in [3.05, 3.63) is 29.8 Å². The average molecular weight is 243 g/mol. The van der Waals surface area contributed by atoms with E-state index >= 15 is 0 Å². The molecule has 3 rings (SSSR count). The van der Waals surface area contributed by atoms with Gasteiger partial charge in [-0.25, -0.2) is 0 Å². The Morgan fingerprint density at radius 2 is 1.89 bits per heavy atom. The molecule has 0 radical (unpaired) electrons. The normalized spacial score (nSPS) is 23.3. The third-order valence-electron chi connectivity index (χ3n) is 4.68. The standard InChI is InChI=1S/C15H17NO2/c1-17-13-5-3-12(4-6-13)15(10-18-11-15)14(9-16)7-2-8-14/h3-6H,2,7-8,10-11H2,1H3. The van der Waals surface area contributed by atoms with E-state index < -0.39 is 0 Å². The summed E-state index contributed by atoms with van der Waals surface area (Å²) in [7, 11) is 1.67. The minimum Gasteiger partial charge on any atom is -0.497 e. The van der Waals surface area contributed by atoms with Gasteiger partial charge >= 0.3 is 0 Å². The molecule has 1 heterocycles. The number of hydrogen-bond acceptors (Lipinski definition) is 3. The number of ether oxygens (including phenoxy) is 2. The Morgan fingerprint density at radius 1 is 1.22 bits per heavy atom. The Kier molecular flexibility index (Phi) is 2.57. The number of benzene rings is 1. The quantitative estimate of drug-likeness (QED) is 0.819. The van der Waals surface area contributed by atoms with Gasteiger partial charge in [-0.1, -0.05) is 18.6 Å². The van der Waals surface area contributed by atoms with Crippen LogP contribution in [0.4, 0.5) is 0 Å². The van der Waals surface area contributed by atoms with Crippen molar-refractivity contribution in [1.29, 1.82) is 5.26 Å².